The molecule has 1 aromatic heterocycles. The summed E-state index contributed by atoms with van der Waals surface area (Å²) in [5.41, 5.74) is 1.41. The molecule has 0 aliphatic carbocycles. The van der Waals surface area contributed by atoms with Crippen molar-refractivity contribution < 1.29 is 9.59 Å². The van der Waals surface area contributed by atoms with Crippen molar-refractivity contribution in [1.29, 1.82) is 0 Å². The van der Waals surface area contributed by atoms with Crippen LogP contribution in [0.1, 0.15) is 13.3 Å². The van der Waals surface area contributed by atoms with Crippen LogP contribution in [-0.2, 0) is 9.59 Å². The lowest BCUT2D eigenvalue weighted by atomic mass is 10.2. The van der Waals surface area contributed by atoms with E-state index in [-0.39, 0.29) is 18.1 Å². The number of rotatable bonds is 4. The summed E-state index contributed by atoms with van der Waals surface area (Å²) in [6.07, 6.45) is 1.36. The van der Waals surface area contributed by atoms with Gasteiger partial charge in [0.05, 0.1) is 12.1 Å². The van der Waals surface area contributed by atoms with Crippen molar-refractivity contribution >= 4 is 17.4 Å². The minimum atomic E-state index is -0.322. The maximum atomic E-state index is 11.4. The highest BCUT2D eigenvalue weighted by molar-refractivity contribution is 6.03. The van der Waals surface area contributed by atoms with E-state index in [2.05, 4.69) is 20.8 Å². The Morgan fingerprint density at radius 3 is 2.56 bits per heavy atom. The van der Waals surface area contributed by atoms with Gasteiger partial charge in [-0.05, 0) is 41.6 Å². The lowest BCUT2D eigenvalue weighted by molar-refractivity contribution is -0.124. The summed E-state index contributed by atoms with van der Waals surface area (Å²) in [6.45, 7) is 1.38. The maximum absolute atomic E-state index is 11.4. The third-order valence-corrected chi connectivity index (χ3v) is 2.17. The minimum absolute atomic E-state index is 0.116. The van der Waals surface area contributed by atoms with Gasteiger partial charge < -0.3 is 5.32 Å². The molecule has 0 saturated carbocycles. The van der Waals surface area contributed by atoms with Crippen LogP contribution in [0.4, 0.5) is 5.69 Å². The molecule has 7 nitrogen and oxygen atoms in total. The molecule has 1 aromatic carbocycles. The molecule has 2 aromatic rings. The summed E-state index contributed by atoms with van der Waals surface area (Å²) in [7, 11) is 0. The molecule has 0 bridgehead atoms. The first-order chi connectivity index (χ1) is 8.65. The first-order valence-electron chi connectivity index (χ1n) is 5.28. The van der Waals surface area contributed by atoms with Crippen LogP contribution < -0.4 is 5.32 Å². The minimum Gasteiger partial charge on any atom is -0.326 e. The molecule has 18 heavy (non-hydrogen) atoms. The van der Waals surface area contributed by atoms with Crippen LogP contribution in [0.2, 0.25) is 0 Å². The van der Waals surface area contributed by atoms with E-state index >= 15 is 0 Å². The van der Waals surface area contributed by atoms with Gasteiger partial charge in [-0.2, -0.15) is 0 Å². The second-order valence-electron chi connectivity index (χ2n) is 3.73. The molecule has 1 amide bonds. The lowest BCUT2D eigenvalue weighted by Gasteiger charge is -2.05. The number of nitrogens with zero attached hydrogens (tertiary/aromatic N) is 4. The third-order valence-electron chi connectivity index (χ3n) is 2.17. The number of tetrazole rings is 1. The van der Waals surface area contributed by atoms with Crippen LogP contribution >= 0.6 is 0 Å². The molecule has 7 heteroatoms. The number of anilines is 1. The molecule has 2 rings (SSSR count). The molecular weight excluding hydrogens is 234 g/mol. The van der Waals surface area contributed by atoms with Gasteiger partial charge in [0.2, 0.25) is 5.91 Å². The van der Waals surface area contributed by atoms with Gasteiger partial charge in [-0.1, -0.05) is 0 Å². The van der Waals surface area contributed by atoms with E-state index < -0.39 is 0 Å². The second kappa shape index (κ2) is 5.17. The van der Waals surface area contributed by atoms with Gasteiger partial charge >= 0.3 is 0 Å². The highest BCUT2D eigenvalue weighted by atomic mass is 16.2. The first kappa shape index (κ1) is 11.9. The summed E-state index contributed by atoms with van der Waals surface area (Å²) < 4.78 is 1.50. The predicted octanol–water partition coefficient (Wildman–Crippen LogP) is 0.580. The number of amides is 1. The van der Waals surface area contributed by atoms with E-state index in [9.17, 15) is 9.59 Å². The van der Waals surface area contributed by atoms with E-state index in [0.717, 1.165) is 5.69 Å². The summed E-state index contributed by atoms with van der Waals surface area (Å²) in [5.74, 6) is -0.490. The Balaban J connectivity index is 2.04. The van der Waals surface area contributed by atoms with Gasteiger partial charge in [-0.15, -0.1) is 5.10 Å². The maximum Gasteiger partial charge on any atom is 0.231 e. The van der Waals surface area contributed by atoms with Crippen LogP contribution in [0.3, 0.4) is 0 Å². The molecule has 0 spiro atoms. The Morgan fingerprint density at radius 1 is 1.28 bits per heavy atom. The summed E-state index contributed by atoms with van der Waals surface area (Å²) in [6, 6.07) is 6.96. The fourth-order valence-corrected chi connectivity index (χ4v) is 1.41. The number of hydrogen-bond donors (Lipinski definition) is 1. The molecule has 1 heterocycles. The Hall–Kier alpha value is -2.57. The van der Waals surface area contributed by atoms with Crippen molar-refractivity contribution in [3.05, 3.63) is 30.6 Å². The van der Waals surface area contributed by atoms with Crippen molar-refractivity contribution in [3.63, 3.8) is 0 Å². The number of benzene rings is 1. The molecule has 0 atom stereocenters. The topological polar surface area (TPSA) is 89.8 Å². The SMILES string of the molecule is CC(=O)CC(=O)Nc1ccc(-n2cnnn2)cc1. The van der Waals surface area contributed by atoms with Gasteiger partial charge in [-0.3, -0.25) is 9.59 Å². The molecule has 0 unspecified atom stereocenters. The summed E-state index contributed by atoms with van der Waals surface area (Å²) in [5, 5.41) is 13.4. The number of ketones is 1. The number of hydrogen-bond acceptors (Lipinski definition) is 5. The zero-order chi connectivity index (χ0) is 13.0. The zero-order valence-electron chi connectivity index (χ0n) is 9.70. The highest BCUT2D eigenvalue weighted by Crippen LogP contribution is 2.12. The number of Topliss-reactive ketones (excluding diaryl/α,β-unsaturated/α-hetero) is 1. The van der Waals surface area contributed by atoms with Crippen molar-refractivity contribution in [1.82, 2.24) is 20.2 Å². The predicted molar refractivity (Wildman–Crippen MR) is 63.1 cm³/mol. The second-order valence-corrected chi connectivity index (χ2v) is 3.73. The molecular formula is C11H11N5O2. The van der Waals surface area contributed by atoms with Crippen molar-refractivity contribution in [2.24, 2.45) is 0 Å². The normalized spacial score (nSPS) is 10.1. The molecule has 0 fully saturated rings. The lowest BCUT2D eigenvalue weighted by Crippen LogP contribution is -2.14. The fourth-order valence-electron chi connectivity index (χ4n) is 1.41. The van der Waals surface area contributed by atoms with Crippen LogP contribution in [0.15, 0.2) is 30.6 Å². The quantitative estimate of drug-likeness (QED) is 0.796. The molecule has 0 saturated heterocycles. The number of carbonyl (C=O) groups excluding carboxylic acids is 2. The Morgan fingerprint density at radius 2 is 2.00 bits per heavy atom. The number of aromatic nitrogens is 4. The van der Waals surface area contributed by atoms with Gasteiger partial charge in [0.1, 0.15) is 12.1 Å². The standard InChI is InChI=1S/C11H11N5O2/c1-8(17)6-11(18)13-9-2-4-10(5-3-9)16-7-12-14-15-16/h2-5,7H,6H2,1H3,(H,13,18). The van der Waals surface area contributed by atoms with E-state index in [1.54, 1.807) is 24.3 Å². The third kappa shape index (κ3) is 2.97. The Labute approximate surface area is 103 Å². The van der Waals surface area contributed by atoms with E-state index in [0.29, 0.717) is 5.69 Å². The average Bonchev–Trinajstić information content (AvgIpc) is 2.82. The van der Waals surface area contributed by atoms with Crippen molar-refractivity contribution in [2.75, 3.05) is 5.32 Å². The van der Waals surface area contributed by atoms with Crippen LogP contribution in [-0.4, -0.2) is 31.9 Å². The highest BCUT2D eigenvalue weighted by Gasteiger charge is 2.05. The number of nitrogens with one attached hydrogen (secondary N) is 1. The van der Waals surface area contributed by atoms with E-state index in [4.69, 9.17) is 0 Å². The molecule has 1 N–H and O–H groups in total. The van der Waals surface area contributed by atoms with Crippen LogP contribution in [0.5, 0.6) is 0 Å². The Kier molecular flexibility index (Phi) is 3.42. The largest absolute Gasteiger partial charge is 0.326 e. The molecule has 0 aliphatic rings. The number of carbonyl (C=O) groups is 2. The molecule has 92 valence electrons. The average molecular weight is 245 g/mol. The Bertz CT molecular complexity index is 547. The van der Waals surface area contributed by atoms with Gasteiger partial charge in [0, 0.05) is 5.69 Å². The van der Waals surface area contributed by atoms with Gasteiger partial charge in [0.25, 0.3) is 0 Å². The fraction of sp³-hybridized carbons (Fsp3) is 0.182. The molecule has 0 aliphatic heterocycles. The molecule has 0 radical (unpaired) electrons. The van der Waals surface area contributed by atoms with Crippen molar-refractivity contribution in [2.45, 2.75) is 13.3 Å². The first-order valence-corrected chi connectivity index (χ1v) is 5.28. The van der Waals surface area contributed by atoms with Gasteiger partial charge in [0.15, 0.2) is 0 Å². The van der Waals surface area contributed by atoms with Gasteiger partial charge in [-0.25, -0.2) is 4.68 Å². The van der Waals surface area contributed by atoms with E-state index in [1.165, 1.54) is 17.9 Å². The monoisotopic (exact) mass is 245 g/mol. The summed E-state index contributed by atoms with van der Waals surface area (Å²) in [4.78, 5) is 22.1. The summed E-state index contributed by atoms with van der Waals surface area (Å²) >= 11 is 0. The van der Waals surface area contributed by atoms with Crippen LogP contribution in [0, 0.1) is 0 Å². The smallest absolute Gasteiger partial charge is 0.231 e. The van der Waals surface area contributed by atoms with E-state index in [1.807, 2.05) is 0 Å². The van der Waals surface area contributed by atoms with Crippen molar-refractivity contribution in [3.8, 4) is 5.69 Å². The van der Waals surface area contributed by atoms with Crippen LogP contribution in [0.25, 0.3) is 5.69 Å². The zero-order valence-corrected chi connectivity index (χ0v) is 9.70.